The lowest BCUT2D eigenvalue weighted by molar-refractivity contribution is -0.145. The number of carbonyl (C=O) groups excluding carboxylic acids is 3. The highest BCUT2D eigenvalue weighted by Gasteiger charge is 2.27. The van der Waals surface area contributed by atoms with Crippen LogP contribution in [0.1, 0.15) is 24.0 Å². The van der Waals surface area contributed by atoms with Gasteiger partial charge in [-0.25, -0.2) is 4.79 Å². The van der Waals surface area contributed by atoms with Gasteiger partial charge in [-0.2, -0.15) is 0 Å². The highest BCUT2D eigenvalue weighted by Crippen LogP contribution is 2.09. The molecule has 0 atom stereocenters. The van der Waals surface area contributed by atoms with Gasteiger partial charge in [0.25, 0.3) is 0 Å². The van der Waals surface area contributed by atoms with Gasteiger partial charge in [-0.3, -0.25) is 14.5 Å². The minimum absolute atomic E-state index is 0.0383. The van der Waals surface area contributed by atoms with E-state index in [1.807, 2.05) is 31.2 Å². The van der Waals surface area contributed by atoms with Crippen LogP contribution in [0.4, 0.5) is 4.79 Å². The molecule has 6 nitrogen and oxygen atoms in total. The van der Waals surface area contributed by atoms with Crippen LogP contribution in [0.3, 0.4) is 0 Å². The topological polar surface area (TPSA) is 75.7 Å². The summed E-state index contributed by atoms with van der Waals surface area (Å²) in [5.74, 6) is -0.585. The molecule has 0 aromatic heterocycles. The number of carbonyl (C=O) groups is 3. The van der Waals surface area contributed by atoms with Gasteiger partial charge in [-0.05, 0) is 24.5 Å². The molecule has 21 heavy (non-hydrogen) atoms. The van der Waals surface area contributed by atoms with E-state index >= 15 is 0 Å². The van der Waals surface area contributed by atoms with E-state index in [9.17, 15) is 14.4 Å². The van der Waals surface area contributed by atoms with Crippen molar-refractivity contribution >= 4 is 17.9 Å². The number of esters is 1. The van der Waals surface area contributed by atoms with Gasteiger partial charge in [0.05, 0.1) is 6.54 Å². The van der Waals surface area contributed by atoms with E-state index in [2.05, 4.69) is 5.32 Å². The van der Waals surface area contributed by atoms with Crippen LogP contribution in [0.5, 0.6) is 0 Å². The van der Waals surface area contributed by atoms with Gasteiger partial charge in [-0.1, -0.05) is 24.3 Å². The Bertz CT molecular complexity index is 540. The lowest BCUT2D eigenvalue weighted by Crippen LogP contribution is -2.32. The van der Waals surface area contributed by atoms with Crippen LogP contribution in [0.15, 0.2) is 24.3 Å². The SMILES string of the molecule is Cc1ccccc1COC(=O)CCCN1C(=O)CNC1=O. The third-order valence-corrected chi connectivity index (χ3v) is 3.35. The lowest BCUT2D eigenvalue weighted by atomic mass is 10.1. The van der Waals surface area contributed by atoms with Gasteiger partial charge in [0.1, 0.15) is 6.61 Å². The summed E-state index contributed by atoms with van der Waals surface area (Å²) in [6.45, 7) is 2.48. The van der Waals surface area contributed by atoms with Crippen molar-refractivity contribution in [3.05, 3.63) is 35.4 Å². The van der Waals surface area contributed by atoms with Gasteiger partial charge < -0.3 is 10.1 Å². The van der Waals surface area contributed by atoms with E-state index in [0.29, 0.717) is 6.42 Å². The summed E-state index contributed by atoms with van der Waals surface area (Å²) >= 11 is 0. The van der Waals surface area contributed by atoms with Crippen molar-refractivity contribution in [3.63, 3.8) is 0 Å². The average Bonchev–Trinajstić information content (AvgIpc) is 2.78. The Kier molecular flexibility index (Phi) is 4.92. The molecule has 6 heteroatoms. The number of imide groups is 1. The first-order chi connectivity index (χ1) is 10.1. The number of ether oxygens (including phenoxy) is 1. The van der Waals surface area contributed by atoms with Gasteiger partial charge in [-0.15, -0.1) is 0 Å². The zero-order valence-electron chi connectivity index (χ0n) is 11.9. The predicted octanol–water partition coefficient (Wildman–Crippen LogP) is 1.37. The molecule has 0 radical (unpaired) electrons. The second-order valence-corrected chi connectivity index (χ2v) is 4.89. The number of hydrogen-bond donors (Lipinski definition) is 1. The zero-order valence-corrected chi connectivity index (χ0v) is 11.9. The van der Waals surface area contributed by atoms with Crippen molar-refractivity contribution in [1.82, 2.24) is 10.2 Å². The molecule has 0 bridgehead atoms. The number of benzene rings is 1. The fourth-order valence-corrected chi connectivity index (χ4v) is 2.07. The number of amides is 3. The molecule has 1 N–H and O–H groups in total. The Hall–Kier alpha value is -2.37. The van der Waals surface area contributed by atoms with E-state index in [1.54, 1.807) is 0 Å². The number of hydrogen-bond acceptors (Lipinski definition) is 4. The molecule has 0 aliphatic carbocycles. The molecule has 1 aliphatic rings. The van der Waals surface area contributed by atoms with Crippen LogP contribution < -0.4 is 5.32 Å². The van der Waals surface area contributed by atoms with Crippen molar-refractivity contribution in [2.24, 2.45) is 0 Å². The van der Waals surface area contributed by atoms with Crippen LogP contribution in [0.25, 0.3) is 0 Å². The van der Waals surface area contributed by atoms with Crippen molar-refractivity contribution in [2.45, 2.75) is 26.4 Å². The summed E-state index contributed by atoms with van der Waals surface area (Å²) < 4.78 is 5.18. The Morgan fingerprint density at radius 1 is 1.33 bits per heavy atom. The van der Waals surface area contributed by atoms with Crippen LogP contribution in [-0.4, -0.2) is 35.9 Å². The molecular formula is C15H18N2O4. The molecular weight excluding hydrogens is 272 g/mol. The molecule has 0 saturated carbocycles. The quantitative estimate of drug-likeness (QED) is 0.634. The van der Waals surface area contributed by atoms with E-state index in [4.69, 9.17) is 4.74 Å². The summed E-state index contributed by atoms with van der Waals surface area (Å²) in [5.41, 5.74) is 2.05. The van der Waals surface area contributed by atoms with Gasteiger partial charge >= 0.3 is 12.0 Å². The number of nitrogens with zero attached hydrogens (tertiary/aromatic N) is 1. The van der Waals surface area contributed by atoms with Crippen molar-refractivity contribution in [3.8, 4) is 0 Å². The van der Waals surface area contributed by atoms with Crippen LogP contribution in [0.2, 0.25) is 0 Å². The number of urea groups is 1. The van der Waals surface area contributed by atoms with E-state index in [0.717, 1.165) is 16.0 Å². The Labute approximate surface area is 123 Å². The van der Waals surface area contributed by atoms with E-state index in [1.165, 1.54) is 0 Å². The Morgan fingerprint density at radius 2 is 2.10 bits per heavy atom. The zero-order chi connectivity index (χ0) is 15.2. The minimum atomic E-state index is -0.395. The number of nitrogens with one attached hydrogen (secondary N) is 1. The molecule has 2 rings (SSSR count). The van der Waals surface area contributed by atoms with Crippen LogP contribution >= 0.6 is 0 Å². The minimum Gasteiger partial charge on any atom is -0.461 e. The number of rotatable bonds is 6. The van der Waals surface area contributed by atoms with Crippen LogP contribution in [0, 0.1) is 6.92 Å². The third kappa shape index (κ3) is 4.05. The summed E-state index contributed by atoms with van der Waals surface area (Å²) in [4.78, 5) is 35.4. The molecule has 1 fully saturated rings. The predicted molar refractivity (Wildman–Crippen MR) is 75.3 cm³/mol. The summed E-state index contributed by atoms with van der Waals surface area (Å²) in [6.07, 6.45) is 0.592. The second-order valence-electron chi connectivity index (χ2n) is 4.89. The summed E-state index contributed by atoms with van der Waals surface area (Å²) in [7, 11) is 0. The lowest BCUT2D eigenvalue weighted by Gasteiger charge is -2.12. The maximum absolute atomic E-state index is 11.6. The molecule has 112 valence electrons. The molecule has 1 saturated heterocycles. The molecule has 3 amide bonds. The smallest absolute Gasteiger partial charge is 0.324 e. The second kappa shape index (κ2) is 6.88. The molecule has 0 unspecified atom stereocenters. The van der Waals surface area contributed by atoms with Gasteiger partial charge in [0, 0.05) is 13.0 Å². The van der Waals surface area contributed by atoms with E-state index in [-0.39, 0.29) is 38.0 Å². The molecule has 1 aromatic rings. The maximum Gasteiger partial charge on any atom is 0.324 e. The van der Waals surface area contributed by atoms with Crippen LogP contribution in [-0.2, 0) is 20.9 Å². The molecule has 1 heterocycles. The fraction of sp³-hybridized carbons (Fsp3) is 0.400. The third-order valence-electron chi connectivity index (χ3n) is 3.35. The maximum atomic E-state index is 11.6. The van der Waals surface area contributed by atoms with Crippen molar-refractivity contribution < 1.29 is 19.1 Å². The summed E-state index contributed by atoms with van der Waals surface area (Å²) in [5, 5.41) is 2.43. The molecule has 1 aliphatic heterocycles. The Morgan fingerprint density at radius 3 is 2.76 bits per heavy atom. The van der Waals surface area contributed by atoms with Gasteiger partial charge in [0.2, 0.25) is 5.91 Å². The van der Waals surface area contributed by atoms with Crippen molar-refractivity contribution in [1.29, 1.82) is 0 Å². The highest BCUT2D eigenvalue weighted by molar-refractivity contribution is 6.01. The van der Waals surface area contributed by atoms with Gasteiger partial charge in [0.15, 0.2) is 0 Å². The number of aryl methyl sites for hydroxylation is 1. The fourth-order valence-electron chi connectivity index (χ4n) is 2.07. The normalized spacial score (nSPS) is 14.2. The first-order valence-electron chi connectivity index (χ1n) is 6.86. The summed E-state index contributed by atoms with van der Waals surface area (Å²) in [6, 6.07) is 7.30. The standard InChI is InChI=1S/C15H18N2O4/c1-11-5-2-3-6-12(11)10-21-14(19)7-4-8-17-13(18)9-16-15(17)20/h2-3,5-6H,4,7-10H2,1H3,(H,16,20). The first-order valence-corrected chi connectivity index (χ1v) is 6.86. The van der Waals surface area contributed by atoms with Crippen molar-refractivity contribution in [2.75, 3.05) is 13.1 Å². The largest absolute Gasteiger partial charge is 0.461 e. The first kappa shape index (κ1) is 15.0. The average molecular weight is 290 g/mol. The monoisotopic (exact) mass is 290 g/mol. The van der Waals surface area contributed by atoms with E-state index < -0.39 is 6.03 Å². The highest BCUT2D eigenvalue weighted by atomic mass is 16.5. The Balaban J connectivity index is 1.69. The molecule has 0 spiro atoms. The molecule has 1 aromatic carbocycles.